The van der Waals surface area contributed by atoms with Gasteiger partial charge in [-0.25, -0.2) is 0 Å². The first-order chi connectivity index (χ1) is 9.97. The van der Waals surface area contributed by atoms with E-state index in [4.69, 9.17) is 5.84 Å². The topological polar surface area (TPSA) is 55.9 Å². The molecule has 21 heavy (non-hydrogen) atoms. The summed E-state index contributed by atoms with van der Waals surface area (Å²) in [5.41, 5.74) is 8.96. The lowest BCUT2D eigenvalue weighted by atomic mass is 9.98. The van der Waals surface area contributed by atoms with Crippen LogP contribution in [0.3, 0.4) is 0 Å². The molecule has 2 aromatic rings. The summed E-state index contributed by atoms with van der Waals surface area (Å²) in [5, 5.41) is 4.54. The van der Waals surface area contributed by atoms with Crippen LogP contribution in [0.25, 0.3) is 0 Å². The summed E-state index contributed by atoms with van der Waals surface area (Å²) in [5.74, 6) is 5.79. The third-order valence-electron chi connectivity index (χ3n) is 4.03. The van der Waals surface area contributed by atoms with Gasteiger partial charge in [0.1, 0.15) is 0 Å². The van der Waals surface area contributed by atoms with Gasteiger partial charge in [0.25, 0.3) is 0 Å². The van der Waals surface area contributed by atoms with Crippen LogP contribution in [0.4, 0.5) is 0 Å². The van der Waals surface area contributed by atoms with E-state index in [1.807, 2.05) is 11.7 Å². The SMILES string of the molecule is CCc1nn(C)c(CC(NN)c2ccc(C)c(C)c2)c1Br. The third kappa shape index (κ3) is 3.36. The maximum atomic E-state index is 5.79. The second-order valence-electron chi connectivity index (χ2n) is 5.45. The van der Waals surface area contributed by atoms with Crippen molar-refractivity contribution < 1.29 is 0 Å². The average molecular weight is 351 g/mol. The number of hydrazine groups is 1. The highest BCUT2D eigenvalue weighted by Gasteiger charge is 2.18. The fourth-order valence-corrected chi connectivity index (χ4v) is 3.27. The van der Waals surface area contributed by atoms with Crippen molar-refractivity contribution >= 4 is 15.9 Å². The number of nitrogens with two attached hydrogens (primary N) is 1. The summed E-state index contributed by atoms with van der Waals surface area (Å²) in [4.78, 5) is 0. The van der Waals surface area contributed by atoms with Crippen LogP contribution >= 0.6 is 15.9 Å². The predicted molar refractivity (Wildman–Crippen MR) is 90.0 cm³/mol. The number of halogens is 1. The molecule has 0 aliphatic carbocycles. The molecule has 0 aliphatic heterocycles. The summed E-state index contributed by atoms with van der Waals surface area (Å²) < 4.78 is 3.03. The molecular weight excluding hydrogens is 328 g/mol. The van der Waals surface area contributed by atoms with Crippen molar-refractivity contribution in [1.82, 2.24) is 15.2 Å². The highest BCUT2D eigenvalue weighted by atomic mass is 79.9. The van der Waals surface area contributed by atoms with E-state index in [2.05, 4.69) is 65.4 Å². The first-order valence-corrected chi connectivity index (χ1v) is 8.00. The lowest BCUT2D eigenvalue weighted by molar-refractivity contribution is 0.528. The van der Waals surface area contributed by atoms with E-state index in [-0.39, 0.29) is 6.04 Å². The molecule has 1 aromatic heterocycles. The molecule has 4 nitrogen and oxygen atoms in total. The number of aromatic nitrogens is 2. The fraction of sp³-hybridized carbons (Fsp3) is 0.438. The first kappa shape index (κ1) is 16.2. The Balaban J connectivity index is 2.31. The maximum Gasteiger partial charge on any atom is 0.0766 e. The molecule has 0 aliphatic rings. The van der Waals surface area contributed by atoms with Crippen molar-refractivity contribution in [2.45, 2.75) is 39.7 Å². The van der Waals surface area contributed by atoms with Crippen molar-refractivity contribution in [1.29, 1.82) is 0 Å². The summed E-state index contributed by atoms with van der Waals surface area (Å²) in [6.45, 7) is 6.36. The lowest BCUT2D eigenvalue weighted by Crippen LogP contribution is -2.30. The van der Waals surface area contributed by atoms with Gasteiger partial charge in [-0.05, 0) is 52.9 Å². The highest BCUT2D eigenvalue weighted by Crippen LogP contribution is 2.27. The smallest absolute Gasteiger partial charge is 0.0766 e. The number of hydrogen-bond acceptors (Lipinski definition) is 3. The molecule has 1 aromatic carbocycles. The molecule has 0 saturated carbocycles. The van der Waals surface area contributed by atoms with Crippen molar-refractivity contribution in [3.63, 3.8) is 0 Å². The van der Waals surface area contributed by atoms with Gasteiger partial charge in [0.15, 0.2) is 0 Å². The minimum atomic E-state index is 0.0701. The van der Waals surface area contributed by atoms with Crippen LogP contribution < -0.4 is 11.3 Å². The molecular formula is C16H23BrN4. The van der Waals surface area contributed by atoms with Crippen LogP contribution in [0.15, 0.2) is 22.7 Å². The van der Waals surface area contributed by atoms with Crippen molar-refractivity contribution in [2.75, 3.05) is 0 Å². The van der Waals surface area contributed by atoms with Gasteiger partial charge < -0.3 is 0 Å². The molecule has 1 unspecified atom stereocenters. The molecule has 5 heteroatoms. The van der Waals surface area contributed by atoms with Gasteiger partial charge in [0.2, 0.25) is 0 Å². The normalized spacial score (nSPS) is 12.7. The van der Waals surface area contributed by atoms with Gasteiger partial charge in [-0.1, -0.05) is 25.1 Å². The van der Waals surface area contributed by atoms with E-state index in [0.29, 0.717) is 0 Å². The Morgan fingerprint density at radius 2 is 2.05 bits per heavy atom. The minimum Gasteiger partial charge on any atom is -0.271 e. The number of nitrogens with zero attached hydrogens (tertiary/aromatic N) is 2. The summed E-state index contributed by atoms with van der Waals surface area (Å²) in [7, 11) is 1.98. The van der Waals surface area contributed by atoms with Gasteiger partial charge in [0, 0.05) is 13.5 Å². The van der Waals surface area contributed by atoms with E-state index in [0.717, 1.165) is 28.7 Å². The third-order valence-corrected chi connectivity index (χ3v) is 4.95. The Morgan fingerprint density at radius 3 is 2.57 bits per heavy atom. The monoisotopic (exact) mass is 350 g/mol. The molecule has 0 fully saturated rings. The number of hydrogen-bond donors (Lipinski definition) is 2. The number of aryl methyl sites for hydroxylation is 4. The van der Waals surface area contributed by atoms with Gasteiger partial charge >= 0.3 is 0 Å². The van der Waals surface area contributed by atoms with Crippen LogP contribution in [0.1, 0.15) is 41.0 Å². The molecule has 1 atom stereocenters. The van der Waals surface area contributed by atoms with Crippen LogP contribution in [-0.2, 0) is 19.9 Å². The Morgan fingerprint density at radius 1 is 1.33 bits per heavy atom. The average Bonchev–Trinajstić information content (AvgIpc) is 2.74. The Bertz CT molecular complexity index is 633. The minimum absolute atomic E-state index is 0.0701. The fourth-order valence-electron chi connectivity index (χ4n) is 2.49. The number of nitrogens with one attached hydrogen (secondary N) is 1. The molecule has 114 valence electrons. The summed E-state index contributed by atoms with van der Waals surface area (Å²) in [6.07, 6.45) is 1.71. The Labute approximate surface area is 134 Å². The van der Waals surface area contributed by atoms with Crippen LogP contribution in [0.2, 0.25) is 0 Å². The Hall–Kier alpha value is -1.17. The summed E-state index contributed by atoms with van der Waals surface area (Å²) in [6, 6.07) is 6.55. The Kier molecular flexibility index (Phi) is 5.19. The lowest BCUT2D eigenvalue weighted by Gasteiger charge is -2.18. The molecule has 3 N–H and O–H groups in total. The molecule has 1 heterocycles. The standard InChI is InChI=1S/C16H23BrN4/c1-5-13-16(17)15(21(4)20-13)9-14(19-18)12-7-6-10(2)11(3)8-12/h6-8,14,19H,5,9,18H2,1-4H3. The van der Waals surface area contributed by atoms with E-state index < -0.39 is 0 Å². The number of rotatable bonds is 5. The molecule has 2 rings (SSSR count). The number of benzene rings is 1. The van der Waals surface area contributed by atoms with E-state index in [9.17, 15) is 0 Å². The molecule has 0 saturated heterocycles. The second-order valence-corrected chi connectivity index (χ2v) is 6.24. The van der Waals surface area contributed by atoms with Crippen molar-refractivity contribution in [3.8, 4) is 0 Å². The van der Waals surface area contributed by atoms with Gasteiger partial charge in [-0.15, -0.1) is 0 Å². The van der Waals surface area contributed by atoms with E-state index in [1.165, 1.54) is 16.7 Å². The zero-order valence-corrected chi connectivity index (χ0v) is 14.7. The predicted octanol–water partition coefficient (Wildman–Crippen LogP) is 3.11. The van der Waals surface area contributed by atoms with Gasteiger partial charge in [-0.3, -0.25) is 16.0 Å². The summed E-state index contributed by atoms with van der Waals surface area (Å²) >= 11 is 3.67. The molecule has 0 amide bonds. The van der Waals surface area contributed by atoms with Crippen LogP contribution in [-0.4, -0.2) is 9.78 Å². The van der Waals surface area contributed by atoms with E-state index in [1.54, 1.807) is 0 Å². The molecule has 0 spiro atoms. The van der Waals surface area contributed by atoms with Crippen LogP contribution in [0.5, 0.6) is 0 Å². The van der Waals surface area contributed by atoms with Gasteiger partial charge in [-0.2, -0.15) is 5.10 Å². The van der Waals surface area contributed by atoms with E-state index >= 15 is 0 Å². The zero-order chi connectivity index (χ0) is 15.6. The largest absolute Gasteiger partial charge is 0.271 e. The molecule has 0 bridgehead atoms. The van der Waals surface area contributed by atoms with Crippen molar-refractivity contribution in [2.24, 2.45) is 12.9 Å². The van der Waals surface area contributed by atoms with Crippen LogP contribution in [0, 0.1) is 13.8 Å². The zero-order valence-electron chi connectivity index (χ0n) is 13.1. The second kappa shape index (κ2) is 6.73. The highest BCUT2D eigenvalue weighted by molar-refractivity contribution is 9.10. The maximum absolute atomic E-state index is 5.79. The first-order valence-electron chi connectivity index (χ1n) is 7.21. The van der Waals surface area contributed by atoms with Crippen molar-refractivity contribution in [3.05, 3.63) is 50.8 Å². The van der Waals surface area contributed by atoms with Gasteiger partial charge in [0.05, 0.1) is 21.9 Å². The quantitative estimate of drug-likeness (QED) is 0.643. The molecule has 0 radical (unpaired) electrons.